The van der Waals surface area contributed by atoms with Crippen LogP contribution < -0.4 is 0 Å². The Morgan fingerprint density at radius 3 is 1.82 bits per heavy atom. The summed E-state index contributed by atoms with van der Waals surface area (Å²) in [5, 5.41) is -1.17. The van der Waals surface area contributed by atoms with Gasteiger partial charge in [0.15, 0.2) is 0 Å². The average molecular weight is 335 g/mol. The normalized spacial score (nSPS) is 26.0. The van der Waals surface area contributed by atoms with Crippen LogP contribution in [0.4, 0.5) is 0 Å². The maximum absolute atomic E-state index is 12.2. The minimum atomic E-state index is -4.50. The van der Waals surface area contributed by atoms with Crippen LogP contribution in [0.1, 0.15) is 47.0 Å². The largest absolute Gasteiger partial charge is 0.748 e. The highest BCUT2D eigenvalue weighted by atomic mass is 32.2. The van der Waals surface area contributed by atoms with Crippen LogP contribution in [0.5, 0.6) is 0 Å². The molecule has 22 heavy (non-hydrogen) atoms. The first kappa shape index (κ1) is 18.9. The van der Waals surface area contributed by atoms with Crippen LogP contribution >= 0.6 is 0 Å². The third kappa shape index (κ3) is 5.24. The number of carbonyl (C=O) groups is 2. The molecule has 0 aromatic rings. The van der Waals surface area contributed by atoms with Crippen LogP contribution in [0, 0.1) is 11.8 Å². The molecular weight excluding hydrogens is 312 g/mol. The van der Waals surface area contributed by atoms with Crippen molar-refractivity contribution in [1.82, 2.24) is 0 Å². The van der Waals surface area contributed by atoms with Gasteiger partial charge in [-0.3, -0.25) is 9.59 Å². The van der Waals surface area contributed by atoms with Gasteiger partial charge >= 0.3 is 11.9 Å². The lowest BCUT2D eigenvalue weighted by atomic mass is 9.79. The van der Waals surface area contributed by atoms with Crippen molar-refractivity contribution in [3.63, 3.8) is 0 Å². The van der Waals surface area contributed by atoms with Gasteiger partial charge in [0.1, 0.15) is 0 Å². The first-order chi connectivity index (χ1) is 10.0. The first-order valence-electron chi connectivity index (χ1n) is 7.38. The van der Waals surface area contributed by atoms with E-state index in [0.29, 0.717) is 0 Å². The molecule has 0 N–H and O–H groups in total. The third-order valence-corrected chi connectivity index (χ3v) is 4.76. The van der Waals surface area contributed by atoms with Gasteiger partial charge < -0.3 is 14.0 Å². The summed E-state index contributed by atoms with van der Waals surface area (Å²) in [5.74, 6) is -2.95. The van der Waals surface area contributed by atoms with Crippen LogP contribution in [-0.2, 0) is 29.2 Å². The Balaban J connectivity index is 2.95. The Labute approximate surface area is 131 Å². The van der Waals surface area contributed by atoms with Gasteiger partial charge in [0, 0.05) is 0 Å². The van der Waals surface area contributed by atoms with Crippen LogP contribution in [0.3, 0.4) is 0 Å². The lowest BCUT2D eigenvalue weighted by molar-refractivity contribution is -0.167. The van der Waals surface area contributed by atoms with E-state index in [-0.39, 0.29) is 25.4 Å². The summed E-state index contributed by atoms with van der Waals surface area (Å²) in [6.45, 7) is 6.69. The molecule has 1 aliphatic carbocycles. The van der Waals surface area contributed by atoms with Gasteiger partial charge in [0.25, 0.3) is 0 Å². The topological polar surface area (TPSA) is 110 Å². The highest BCUT2D eigenvalue weighted by Crippen LogP contribution is 2.35. The number of ether oxygens (including phenoxy) is 2. The smallest absolute Gasteiger partial charge is 0.310 e. The van der Waals surface area contributed by atoms with Crippen molar-refractivity contribution in [3.05, 3.63) is 0 Å². The minimum absolute atomic E-state index is 0.0507. The Hall–Kier alpha value is -1.15. The fraction of sp³-hybridized carbons (Fsp3) is 0.857. The summed E-state index contributed by atoms with van der Waals surface area (Å²) >= 11 is 0. The molecule has 0 aliphatic heterocycles. The van der Waals surface area contributed by atoms with E-state index >= 15 is 0 Å². The van der Waals surface area contributed by atoms with Crippen LogP contribution in [0.2, 0.25) is 0 Å². The van der Waals surface area contributed by atoms with Crippen molar-refractivity contribution >= 4 is 22.1 Å². The molecular formula is C14H23O7S-. The van der Waals surface area contributed by atoms with Crippen molar-refractivity contribution in [1.29, 1.82) is 0 Å². The Morgan fingerprint density at radius 1 is 0.955 bits per heavy atom. The van der Waals surface area contributed by atoms with Gasteiger partial charge in [-0.1, -0.05) is 0 Å². The molecule has 1 fully saturated rings. The zero-order valence-corrected chi connectivity index (χ0v) is 14.1. The standard InChI is InChI=1S/C14H24O7S/c1-8(2)20-13(15)11-6-5-10(22(17,18)19)7-12(11)14(16)21-9(3)4/h8-12H,5-7H2,1-4H3,(H,17,18,19)/p-1. The molecule has 7 nitrogen and oxygen atoms in total. The monoisotopic (exact) mass is 335 g/mol. The molecule has 3 unspecified atom stereocenters. The number of hydrogen-bond acceptors (Lipinski definition) is 7. The number of rotatable bonds is 5. The number of esters is 2. The number of carbonyl (C=O) groups excluding carboxylic acids is 2. The van der Waals surface area contributed by atoms with Gasteiger partial charge in [-0.25, -0.2) is 8.42 Å². The first-order valence-corrected chi connectivity index (χ1v) is 8.85. The van der Waals surface area contributed by atoms with Crippen molar-refractivity contribution < 1.29 is 32.0 Å². The summed E-state index contributed by atoms with van der Waals surface area (Å²) in [4.78, 5) is 24.3. The van der Waals surface area contributed by atoms with E-state index in [9.17, 15) is 22.6 Å². The quantitative estimate of drug-likeness (QED) is 0.548. The Kier molecular flexibility index (Phi) is 6.37. The molecule has 0 spiro atoms. The van der Waals surface area contributed by atoms with E-state index in [0.717, 1.165) is 0 Å². The average Bonchev–Trinajstić information content (AvgIpc) is 2.35. The second-order valence-electron chi connectivity index (χ2n) is 6.11. The molecule has 0 heterocycles. The molecule has 1 rings (SSSR count). The second kappa shape index (κ2) is 7.41. The molecule has 0 aromatic carbocycles. The zero-order chi connectivity index (χ0) is 17.1. The number of hydrogen-bond donors (Lipinski definition) is 0. The van der Waals surface area contributed by atoms with Gasteiger partial charge in [-0.05, 0) is 47.0 Å². The summed E-state index contributed by atoms with van der Waals surface area (Å²) in [6.07, 6.45) is -0.756. The predicted octanol–water partition coefficient (Wildman–Crippen LogP) is 1.22. The van der Waals surface area contributed by atoms with Crippen molar-refractivity contribution in [2.75, 3.05) is 0 Å². The summed E-state index contributed by atoms with van der Waals surface area (Å²) in [6, 6.07) is 0. The second-order valence-corrected chi connectivity index (χ2v) is 7.76. The van der Waals surface area contributed by atoms with Crippen molar-refractivity contribution in [3.8, 4) is 0 Å². The van der Waals surface area contributed by atoms with E-state index < -0.39 is 45.2 Å². The molecule has 3 atom stereocenters. The maximum Gasteiger partial charge on any atom is 0.310 e. The Morgan fingerprint density at radius 2 is 1.41 bits per heavy atom. The minimum Gasteiger partial charge on any atom is -0.748 e. The fourth-order valence-corrected chi connectivity index (χ4v) is 3.44. The zero-order valence-electron chi connectivity index (χ0n) is 13.3. The van der Waals surface area contributed by atoms with Crippen LogP contribution in [-0.4, -0.2) is 42.4 Å². The third-order valence-electron chi connectivity index (χ3n) is 3.52. The van der Waals surface area contributed by atoms with Crippen molar-refractivity contribution in [2.45, 2.75) is 64.4 Å². The highest BCUT2D eigenvalue weighted by Gasteiger charge is 2.43. The summed E-state index contributed by atoms with van der Waals surface area (Å²) in [5.41, 5.74) is 0. The predicted molar refractivity (Wildman–Crippen MR) is 76.8 cm³/mol. The van der Waals surface area contributed by atoms with E-state index in [4.69, 9.17) is 9.47 Å². The van der Waals surface area contributed by atoms with E-state index in [2.05, 4.69) is 0 Å². The molecule has 1 saturated carbocycles. The molecule has 0 amide bonds. The van der Waals surface area contributed by atoms with Gasteiger partial charge in [-0.2, -0.15) is 0 Å². The van der Waals surface area contributed by atoms with Gasteiger partial charge in [-0.15, -0.1) is 0 Å². The summed E-state index contributed by atoms with van der Waals surface area (Å²) in [7, 11) is -4.50. The van der Waals surface area contributed by atoms with Crippen LogP contribution in [0.25, 0.3) is 0 Å². The van der Waals surface area contributed by atoms with E-state index in [1.807, 2.05) is 0 Å². The molecule has 0 bridgehead atoms. The van der Waals surface area contributed by atoms with Crippen molar-refractivity contribution in [2.24, 2.45) is 11.8 Å². The van der Waals surface area contributed by atoms with Gasteiger partial charge in [0.2, 0.25) is 0 Å². The molecule has 0 saturated heterocycles. The SMILES string of the molecule is CC(C)OC(=O)C1CCC(S(=O)(=O)[O-])CC1C(=O)OC(C)C. The fourth-order valence-electron chi connectivity index (χ4n) is 2.58. The molecule has 8 heteroatoms. The highest BCUT2D eigenvalue weighted by molar-refractivity contribution is 7.86. The van der Waals surface area contributed by atoms with E-state index in [1.54, 1.807) is 27.7 Å². The molecule has 0 radical (unpaired) electrons. The molecule has 1 aliphatic rings. The Bertz CT molecular complexity index is 509. The summed E-state index contributed by atoms with van der Waals surface area (Å²) < 4.78 is 43.8. The maximum atomic E-state index is 12.2. The molecule has 128 valence electrons. The van der Waals surface area contributed by atoms with Gasteiger partial charge in [0.05, 0.1) is 39.4 Å². The lowest BCUT2D eigenvalue weighted by Crippen LogP contribution is -2.42. The van der Waals surface area contributed by atoms with Crippen LogP contribution in [0.15, 0.2) is 0 Å². The van der Waals surface area contributed by atoms with E-state index in [1.165, 1.54) is 0 Å². The molecule has 0 aromatic heterocycles. The lowest BCUT2D eigenvalue weighted by Gasteiger charge is -2.35.